The van der Waals surface area contributed by atoms with Gasteiger partial charge in [-0.05, 0) is 18.4 Å². The van der Waals surface area contributed by atoms with Crippen LogP contribution in [0.4, 0.5) is 0 Å². The highest BCUT2D eigenvalue weighted by Crippen LogP contribution is 2.17. The van der Waals surface area contributed by atoms with Gasteiger partial charge in [0.25, 0.3) is 0 Å². The summed E-state index contributed by atoms with van der Waals surface area (Å²) in [5, 5.41) is 4.75. The summed E-state index contributed by atoms with van der Waals surface area (Å²) in [6, 6.07) is 11.0. The van der Waals surface area contributed by atoms with Crippen LogP contribution in [0.3, 0.4) is 0 Å². The van der Waals surface area contributed by atoms with Gasteiger partial charge in [0.05, 0.1) is 0 Å². The lowest BCUT2D eigenvalue weighted by Gasteiger charge is -2.10. The SMILES string of the molecule is CC(CCN=C1NC(Cc2ccccc2)CS1)S(C)=O. The van der Waals surface area contributed by atoms with E-state index in [1.165, 1.54) is 5.56 Å². The van der Waals surface area contributed by atoms with Crippen LogP contribution in [-0.4, -0.2) is 39.2 Å². The van der Waals surface area contributed by atoms with E-state index < -0.39 is 10.8 Å². The molecule has 2 rings (SSSR count). The molecule has 1 aromatic carbocycles. The third-order valence-corrected chi connectivity index (χ3v) is 5.89. The Kier molecular flexibility index (Phi) is 6.10. The van der Waals surface area contributed by atoms with Gasteiger partial charge >= 0.3 is 0 Å². The van der Waals surface area contributed by atoms with E-state index in [4.69, 9.17) is 0 Å². The van der Waals surface area contributed by atoms with Gasteiger partial charge in [0.1, 0.15) is 0 Å². The normalized spacial score (nSPS) is 23.5. The van der Waals surface area contributed by atoms with Crippen molar-refractivity contribution < 1.29 is 4.21 Å². The van der Waals surface area contributed by atoms with Crippen LogP contribution in [0.1, 0.15) is 18.9 Å². The lowest BCUT2D eigenvalue weighted by molar-refractivity contribution is 0.668. The van der Waals surface area contributed by atoms with Crippen molar-refractivity contribution in [3.05, 3.63) is 35.9 Å². The molecule has 0 spiro atoms. The highest BCUT2D eigenvalue weighted by Gasteiger charge is 2.20. The molecule has 1 aromatic rings. The maximum absolute atomic E-state index is 11.3. The molecule has 0 aromatic heterocycles. The summed E-state index contributed by atoms with van der Waals surface area (Å²) in [7, 11) is -0.743. The topological polar surface area (TPSA) is 41.5 Å². The molecule has 0 radical (unpaired) electrons. The highest BCUT2D eigenvalue weighted by atomic mass is 32.2. The lowest BCUT2D eigenvalue weighted by Crippen LogP contribution is -2.29. The number of thioether (sulfide) groups is 1. The zero-order valence-corrected chi connectivity index (χ0v) is 13.7. The van der Waals surface area contributed by atoms with Crippen molar-refractivity contribution in [1.82, 2.24) is 5.32 Å². The molecule has 3 nitrogen and oxygen atoms in total. The van der Waals surface area contributed by atoms with Crippen molar-refractivity contribution in [3.63, 3.8) is 0 Å². The molecule has 0 aliphatic carbocycles. The Morgan fingerprint density at radius 1 is 1.45 bits per heavy atom. The number of benzene rings is 1. The number of nitrogens with zero attached hydrogens (tertiary/aromatic N) is 1. The molecule has 1 aliphatic heterocycles. The van der Waals surface area contributed by atoms with Crippen molar-refractivity contribution in [2.24, 2.45) is 4.99 Å². The molecule has 0 amide bonds. The monoisotopic (exact) mass is 310 g/mol. The van der Waals surface area contributed by atoms with E-state index in [0.717, 1.165) is 30.3 Å². The Balaban J connectivity index is 1.76. The molecule has 1 N–H and O–H groups in total. The number of nitrogens with one attached hydrogen (secondary N) is 1. The van der Waals surface area contributed by atoms with Crippen molar-refractivity contribution >= 4 is 27.7 Å². The summed E-state index contributed by atoms with van der Waals surface area (Å²) in [6.07, 6.45) is 3.69. The van der Waals surface area contributed by atoms with E-state index in [1.54, 1.807) is 18.0 Å². The Hall–Kier alpha value is -0.810. The number of amidine groups is 1. The Morgan fingerprint density at radius 2 is 2.20 bits per heavy atom. The van der Waals surface area contributed by atoms with Crippen molar-refractivity contribution in [1.29, 1.82) is 0 Å². The van der Waals surface area contributed by atoms with Crippen LogP contribution in [0.5, 0.6) is 0 Å². The highest BCUT2D eigenvalue weighted by molar-refractivity contribution is 8.14. The Morgan fingerprint density at radius 3 is 2.90 bits per heavy atom. The number of rotatable bonds is 6. The predicted molar refractivity (Wildman–Crippen MR) is 90.0 cm³/mol. The Bertz CT molecular complexity index is 476. The van der Waals surface area contributed by atoms with E-state index >= 15 is 0 Å². The molecule has 5 heteroatoms. The first-order valence-electron chi connectivity index (χ1n) is 6.95. The van der Waals surface area contributed by atoms with Crippen LogP contribution in [0, 0.1) is 0 Å². The summed E-state index contributed by atoms with van der Waals surface area (Å²) in [6.45, 7) is 2.78. The van der Waals surface area contributed by atoms with Crippen LogP contribution >= 0.6 is 11.8 Å². The number of aliphatic imine (C=N–C) groups is 1. The molecule has 0 saturated carbocycles. The fourth-order valence-electron chi connectivity index (χ4n) is 2.05. The van der Waals surface area contributed by atoms with E-state index in [0.29, 0.717) is 6.04 Å². The quantitative estimate of drug-likeness (QED) is 0.877. The maximum Gasteiger partial charge on any atom is 0.156 e. The predicted octanol–water partition coefficient (Wildman–Crippen LogP) is 2.45. The van der Waals surface area contributed by atoms with Crippen LogP contribution in [0.15, 0.2) is 35.3 Å². The average Bonchev–Trinajstić information content (AvgIpc) is 2.87. The first kappa shape index (κ1) is 15.6. The molecule has 3 atom stereocenters. The van der Waals surface area contributed by atoms with Crippen LogP contribution < -0.4 is 5.32 Å². The third-order valence-electron chi connectivity index (χ3n) is 3.43. The minimum Gasteiger partial charge on any atom is -0.361 e. The molecule has 1 aliphatic rings. The molecule has 1 fully saturated rings. The average molecular weight is 310 g/mol. The molecule has 1 saturated heterocycles. The molecule has 1 heterocycles. The maximum atomic E-state index is 11.3. The van der Waals surface area contributed by atoms with Gasteiger partial charge in [-0.2, -0.15) is 0 Å². The Labute approximate surface area is 128 Å². The van der Waals surface area contributed by atoms with Crippen molar-refractivity contribution in [3.8, 4) is 0 Å². The minimum absolute atomic E-state index is 0.228. The van der Waals surface area contributed by atoms with E-state index in [-0.39, 0.29) is 5.25 Å². The first-order chi connectivity index (χ1) is 9.65. The largest absolute Gasteiger partial charge is 0.361 e. The number of hydrogen-bond acceptors (Lipinski definition) is 3. The summed E-state index contributed by atoms with van der Waals surface area (Å²) in [5.74, 6) is 1.07. The fraction of sp³-hybridized carbons (Fsp3) is 0.533. The third kappa shape index (κ3) is 4.94. The smallest absolute Gasteiger partial charge is 0.156 e. The molecule has 0 bridgehead atoms. The van der Waals surface area contributed by atoms with Gasteiger partial charge in [-0.25, -0.2) is 0 Å². The fourth-order valence-corrected chi connectivity index (χ4v) is 3.48. The second-order valence-corrected chi connectivity index (χ2v) is 7.94. The van der Waals surface area contributed by atoms with Crippen molar-refractivity contribution in [2.75, 3.05) is 18.6 Å². The molecule has 110 valence electrons. The second kappa shape index (κ2) is 7.84. The van der Waals surface area contributed by atoms with Crippen LogP contribution in [0.2, 0.25) is 0 Å². The standard InChI is InChI=1S/C15H22N2OS2/c1-12(20(2)18)8-9-16-15-17-14(11-19-15)10-13-6-4-3-5-7-13/h3-7,12,14H,8-11H2,1-2H3,(H,16,17). The van der Waals surface area contributed by atoms with E-state index in [9.17, 15) is 4.21 Å². The van der Waals surface area contributed by atoms with Gasteiger partial charge in [-0.15, -0.1) is 0 Å². The lowest BCUT2D eigenvalue weighted by atomic mass is 10.1. The van der Waals surface area contributed by atoms with Gasteiger partial charge in [0.15, 0.2) is 5.17 Å². The molecular weight excluding hydrogens is 288 g/mol. The number of hydrogen-bond donors (Lipinski definition) is 1. The van der Waals surface area contributed by atoms with Gasteiger partial charge in [-0.3, -0.25) is 9.20 Å². The molecule has 3 unspecified atom stereocenters. The summed E-state index contributed by atoms with van der Waals surface area (Å²) < 4.78 is 11.3. The second-order valence-electron chi connectivity index (χ2n) is 5.13. The zero-order valence-electron chi connectivity index (χ0n) is 12.0. The molecule has 20 heavy (non-hydrogen) atoms. The van der Waals surface area contributed by atoms with Gasteiger partial charge in [-0.1, -0.05) is 49.0 Å². The van der Waals surface area contributed by atoms with E-state index in [1.807, 2.05) is 13.0 Å². The van der Waals surface area contributed by atoms with E-state index in [2.05, 4.69) is 34.6 Å². The van der Waals surface area contributed by atoms with Crippen LogP contribution in [0.25, 0.3) is 0 Å². The van der Waals surface area contributed by atoms with Gasteiger partial charge in [0, 0.05) is 40.6 Å². The van der Waals surface area contributed by atoms with Gasteiger partial charge in [0.2, 0.25) is 0 Å². The molecular formula is C15H22N2OS2. The summed E-state index contributed by atoms with van der Waals surface area (Å²) in [5.41, 5.74) is 1.36. The van der Waals surface area contributed by atoms with Gasteiger partial charge < -0.3 is 5.32 Å². The minimum atomic E-state index is -0.743. The van der Waals surface area contributed by atoms with Crippen LogP contribution in [-0.2, 0) is 17.2 Å². The summed E-state index contributed by atoms with van der Waals surface area (Å²) >= 11 is 1.79. The first-order valence-corrected chi connectivity index (χ1v) is 9.56. The zero-order chi connectivity index (χ0) is 14.4. The summed E-state index contributed by atoms with van der Waals surface area (Å²) in [4.78, 5) is 4.57. The van der Waals surface area contributed by atoms with Crippen molar-refractivity contribution in [2.45, 2.75) is 31.1 Å².